The molecule has 12 heteroatoms. The molecular formula is C22H28N6O5S. The summed E-state index contributed by atoms with van der Waals surface area (Å²) in [5, 5.41) is 15.3. The zero-order chi connectivity index (χ0) is 23.7. The molecule has 1 aliphatic carbocycles. The zero-order valence-electron chi connectivity index (χ0n) is 19.2. The number of nitrogens with one attached hydrogen (secondary N) is 2. The maximum Gasteiger partial charge on any atom is 0.338 e. The van der Waals surface area contributed by atoms with Gasteiger partial charge in [0.2, 0.25) is 5.95 Å². The van der Waals surface area contributed by atoms with E-state index in [4.69, 9.17) is 13.9 Å². The Morgan fingerprint density at radius 3 is 2.74 bits per heavy atom. The number of hydrogen-bond acceptors (Lipinski definition) is 9. The van der Waals surface area contributed by atoms with Gasteiger partial charge in [-0.15, -0.1) is 10.2 Å². The minimum Gasteiger partial charge on any atom is -0.464 e. The Morgan fingerprint density at radius 2 is 2.06 bits per heavy atom. The fourth-order valence-corrected chi connectivity index (χ4v) is 5.11. The van der Waals surface area contributed by atoms with Crippen molar-refractivity contribution < 1.29 is 23.5 Å². The lowest BCUT2D eigenvalue weighted by molar-refractivity contribution is -0.139. The van der Waals surface area contributed by atoms with Gasteiger partial charge in [-0.25, -0.2) is 9.59 Å². The normalized spacial score (nSPS) is 20.8. The maximum atomic E-state index is 12.9. The van der Waals surface area contributed by atoms with Crippen LogP contribution >= 0.6 is 11.8 Å². The summed E-state index contributed by atoms with van der Waals surface area (Å²) in [5.74, 6) is 1.85. The molecule has 0 spiro atoms. The Balaban J connectivity index is 1.44. The summed E-state index contributed by atoms with van der Waals surface area (Å²) < 4.78 is 18.7. The topological polar surface area (TPSA) is 124 Å². The van der Waals surface area contributed by atoms with Crippen molar-refractivity contribution in [3.8, 4) is 0 Å². The van der Waals surface area contributed by atoms with Gasteiger partial charge >= 0.3 is 12.0 Å². The van der Waals surface area contributed by atoms with Crippen LogP contribution in [0.5, 0.6) is 0 Å². The van der Waals surface area contributed by atoms with Gasteiger partial charge in [-0.1, -0.05) is 11.8 Å². The van der Waals surface area contributed by atoms with Crippen molar-refractivity contribution in [3.63, 3.8) is 0 Å². The molecule has 2 fully saturated rings. The first-order valence-corrected chi connectivity index (χ1v) is 12.5. The number of ether oxygens (including phenoxy) is 2. The molecule has 1 saturated carbocycles. The van der Waals surface area contributed by atoms with E-state index >= 15 is 0 Å². The zero-order valence-corrected chi connectivity index (χ0v) is 20.0. The molecule has 5 rings (SSSR count). The Morgan fingerprint density at radius 1 is 1.26 bits per heavy atom. The van der Waals surface area contributed by atoms with Gasteiger partial charge in [0.25, 0.3) is 0 Å². The largest absolute Gasteiger partial charge is 0.464 e. The number of hydrogen-bond donors (Lipinski definition) is 2. The van der Waals surface area contributed by atoms with Crippen LogP contribution in [-0.2, 0) is 14.3 Å². The number of urea groups is 1. The average Bonchev–Trinajstić information content (AvgIpc) is 3.43. The smallest absolute Gasteiger partial charge is 0.338 e. The second kappa shape index (κ2) is 9.71. The standard InChI is InChI=1S/C22H28N6O5S/c1-3-32-19(29)17-15(23-20(30)24-18(17)16-7-4-13(2)33-16)12-34-22-26-25-21(28(22)14-5-6-14)27-8-10-31-11-9-27/h4,7,14,18H,3,5-6,8-12H2,1-2H3,(H2,23,24,30). The third-order valence-electron chi connectivity index (χ3n) is 5.89. The molecule has 0 bridgehead atoms. The minimum atomic E-state index is -0.734. The molecule has 11 nitrogen and oxygen atoms in total. The van der Waals surface area contributed by atoms with E-state index in [2.05, 4.69) is 30.3 Å². The Kier molecular flexibility index (Phi) is 6.50. The number of nitrogens with zero attached hydrogens (tertiary/aromatic N) is 4. The van der Waals surface area contributed by atoms with Crippen LogP contribution in [0.2, 0.25) is 0 Å². The molecule has 1 atom stereocenters. The molecule has 34 heavy (non-hydrogen) atoms. The molecule has 182 valence electrons. The molecule has 0 radical (unpaired) electrons. The summed E-state index contributed by atoms with van der Waals surface area (Å²) in [6.07, 6.45) is 2.17. The van der Waals surface area contributed by atoms with E-state index in [1.54, 1.807) is 19.1 Å². The number of aryl methyl sites for hydroxylation is 1. The Bertz CT molecular complexity index is 1100. The average molecular weight is 489 g/mol. The van der Waals surface area contributed by atoms with Crippen LogP contribution in [0.4, 0.5) is 10.7 Å². The summed E-state index contributed by atoms with van der Waals surface area (Å²) >= 11 is 1.44. The van der Waals surface area contributed by atoms with Crippen molar-refractivity contribution in [1.82, 2.24) is 25.4 Å². The molecule has 2 amide bonds. The Labute approximate surface area is 201 Å². The number of esters is 1. The first-order valence-electron chi connectivity index (χ1n) is 11.5. The number of carbonyl (C=O) groups is 2. The third-order valence-corrected chi connectivity index (χ3v) is 6.86. The number of carbonyl (C=O) groups excluding carboxylic acids is 2. The van der Waals surface area contributed by atoms with Crippen molar-refractivity contribution >= 4 is 29.7 Å². The van der Waals surface area contributed by atoms with E-state index in [1.807, 2.05) is 6.92 Å². The number of thioether (sulfide) groups is 1. The van der Waals surface area contributed by atoms with Gasteiger partial charge in [0, 0.05) is 30.6 Å². The lowest BCUT2D eigenvalue weighted by Gasteiger charge is -2.28. The monoisotopic (exact) mass is 488 g/mol. The number of anilines is 1. The van der Waals surface area contributed by atoms with E-state index in [9.17, 15) is 9.59 Å². The molecule has 2 aromatic heterocycles. The highest BCUT2D eigenvalue weighted by atomic mass is 32.2. The van der Waals surface area contributed by atoms with Gasteiger partial charge in [0.05, 0.1) is 25.4 Å². The third kappa shape index (κ3) is 4.64. The van der Waals surface area contributed by atoms with Gasteiger partial charge in [-0.05, 0) is 38.8 Å². The van der Waals surface area contributed by atoms with Crippen LogP contribution in [0.15, 0.2) is 33.0 Å². The van der Waals surface area contributed by atoms with Crippen molar-refractivity contribution in [2.45, 2.75) is 43.9 Å². The predicted molar refractivity (Wildman–Crippen MR) is 124 cm³/mol. The fourth-order valence-electron chi connectivity index (χ4n) is 4.14. The molecule has 2 N–H and O–H groups in total. The number of morpholine rings is 1. The molecule has 0 aromatic carbocycles. The molecular weight excluding hydrogens is 460 g/mol. The van der Waals surface area contributed by atoms with Gasteiger partial charge in [-0.3, -0.25) is 4.57 Å². The number of rotatable bonds is 8. The number of aromatic nitrogens is 3. The predicted octanol–water partition coefficient (Wildman–Crippen LogP) is 2.31. The van der Waals surface area contributed by atoms with Gasteiger partial charge < -0.3 is 29.4 Å². The van der Waals surface area contributed by atoms with Crippen molar-refractivity contribution in [2.75, 3.05) is 43.6 Å². The lowest BCUT2D eigenvalue weighted by atomic mass is 10.0. The molecule has 4 heterocycles. The SMILES string of the molecule is CCOC(=O)C1=C(CSc2nnc(N3CCOCC3)n2C2CC2)NC(=O)NC1c1ccc(C)o1. The molecule has 2 aliphatic heterocycles. The van der Waals surface area contributed by atoms with E-state index in [0.717, 1.165) is 37.0 Å². The van der Waals surface area contributed by atoms with Crippen molar-refractivity contribution in [1.29, 1.82) is 0 Å². The molecule has 3 aliphatic rings. The molecule has 2 aromatic rings. The summed E-state index contributed by atoms with van der Waals surface area (Å²) in [4.78, 5) is 27.6. The van der Waals surface area contributed by atoms with Crippen molar-refractivity contribution in [2.24, 2.45) is 0 Å². The van der Waals surface area contributed by atoms with E-state index in [-0.39, 0.29) is 6.61 Å². The summed E-state index contributed by atoms with van der Waals surface area (Å²) in [6, 6.07) is 2.79. The van der Waals surface area contributed by atoms with Crippen LogP contribution in [-0.4, -0.2) is 65.4 Å². The van der Waals surface area contributed by atoms with Gasteiger partial charge in [-0.2, -0.15) is 0 Å². The molecule has 1 saturated heterocycles. The highest BCUT2D eigenvalue weighted by Gasteiger charge is 2.37. The number of amides is 2. The summed E-state index contributed by atoms with van der Waals surface area (Å²) in [6.45, 7) is 6.68. The molecule has 1 unspecified atom stereocenters. The number of furan rings is 1. The highest BCUT2D eigenvalue weighted by molar-refractivity contribution is 7.99. The maximum absolute atomic E-state index is 12.9. The Hall–Kier alpha value is -2.99. The lowest BCUT2D eigenvalue weighted by Crippen LogP contribution is -2.46. The minimum absolute atomic E-state index is 0.222. The van der Waals surface area contributed by atoms with Gasteiger partial charge in [0.15, 0.2) is 5.16 Å². The van der Waals surface area contributed by atoms with E-state index in [0.29, 0.717) is 47.8 Å². The van der Waals surface area contributed by atoms with E-state index < -0.39 is 18.0 Å². The summed E-state index contributed by atoms with van der Waals surface area (Å²) in [7, 11) is 0. The quantitative estimate of drug-likeness (QED) is 0.425. The summed E-state index contributed by atoms with van der Waals surface area (Å²) in [5.41, 5.74) is 0.804. The highest BCUT2D eigenvalue weighted by Crippen LogP contribution is 2.41. The van der Waals surface area contributed by atoms with Crippen LogP contribution in [0.3, 0.4) is 0 Å². The van der Waals surface area contributed by atoms with Crippen LogP contribution in [0.1, 0.15) is 43.4 Å². The van der Waals surface area contributed by atoms with Crippen LogP contribution in [0, 0.1) is 6.92 Å². The fraction of sp³-hybridized carbons (Fsp3) is 0.545. The van der Waals surface area contributed by atoms with E-state index in [1.165, 1.54) is 11.8 Å². The first kappa shape index (κ1) is 22.8. The van der Waals surface area contributed by atoms with Gasteiger partial charge in [0.1, 0.15) is 17.6 Å². The second-order valence-electron chi connectivity index (χ2n) is 8.36. The van der Waals surface area contributed by atoms with Crippen molar-refractivity contribution in [3.05, 3.63) is 34.9 Å². The van der Waals surface area contributed by atoms with Crippen LogP contribution < -0.4 is 15.5 Å². The second-order valence-corrected chi connectivity index (χ2v) is 9.31. The first-order chi connectivity index (χ1) is 16.5. The van der Waals surface area contributed by atoms with Crippen LogP contribution in [0.25, 0.3) is 0 Å².